The fourth-order valence-corrected chi connectivity index (χ4v) is 3.14. The molecular formula is C12H10N4O4S2. The van der Waals surface area contributed by atoms with E-state index in [9.17, 15) is 19.7 Å². The second-order valence-electron chi connectivity index (χ2n) is 4.07. The average Bonchev–Trinajstić information content (AvgIpc) is 2.91. The minimum absolute atomic E-state index is 0.0618. The number of anilines is 1. The van der Waals surface area contributed by atoms with Crippen LogP contribution in [0.15, 0.2) is 28.6 Å². The van der Waals surface area contributed by atoms with Crippen LogP contribution in [0.4, 0.5) is 10.8 Å². The molecule has 10 heteroatoms. The minimum atomic E-state index is -0.520. The lowest BCUT2D eigenvalue weighted by atomic mass is 10.1. The molecule has 0 saturated heterocycles. The number of carbonyl (C=O) groups excluding carboxylic acids is 2. The number of nitrogens with zero attached hydrogens (tertiary/aromatic N) is 3. The van der Waals surface area contributed by atoms with Crippen LogP contribution < -0.4 is 5.32 Å². The predicted molar refractivity (Wildman–Crippen MR) is 82.4 cm³/mol. The summed E-state index contributed by atoms with van der Waals surface area (Å²) in [5.41, 5.74) is 0.331. The van der Waals surface area contributed by atoms with Gasteiger partial charge in [-0.25, -0.2) is 0 Å². The summed E-state index contributed by atoms with van der Waals surface area (Å²) < 4.78 is 0.555. The highest BCUT2D eigenvalue weighted by molar-refractivity contribution is 8.01. The maximum Gasteiger partial charge on any atom is 0.269 e. The van der Waals surface area contributed by atoms with Crippen molar-refractivity contribution in [2.24, 2.45) is 0 Å². The lowest BCUT2D eigenvalue weighted by Crippen LogP contribution is -2.04. The zero-order valence-corrected chi connectivity index (χ0v) is 12.9. The summed E-state index contributed by atoms with van der Waals surface area (Å²) in [5.74, 6) is -0.280. The van der Waals surface area contributed by atoms with Gasteiger partial charge in [-0.15, -0.1) is 10.2 Å². The summed E-state index contributed by atoms with van der Waals surface area (Å²) >= 11 is 2.36. The molecule has 0 saturated carbocycles. The molecule has 0 bridgehead atoms. The van der Waals surface area contributed by atoms with E-state index in [1.165, 1.54) is 54.3 Å². The number of carbonyl (C=O) groups is 2. The van der Waals surface area contributed by atoms with Gasteiger partial charge in [0.1, 0.15) is 0 Å². The topological polar surface area (TPSA) is 115 Å². The summed E-state index contributed by atoms with van der Waals surface area (Å²) in [6.45, 7) is 1.37. The van der Waals surface area contributed by atoms with Gasteiger partial charge in [-0.3, -0.25) is 19.7 Å². The summed E-state index contributed by atoms with van der Waals surface area (Å²) in [6.07, 6.45) is 0. The number of ketones is 1. The van der Waals surface area contributed by atoms with Crippen LogP contribution >= 0.6 is 23.1 Å². The van der Waals surface area contributed by atoms with E-state index >= 15 is 0 Å². The van der Waals surface area contributed by atoms with Crippen molar-refractivity contribution in [2.45, 2.75) is 11.3 Å². The molecule has 0 aliphatic heterocycles. The molecule has 22 heavy (non-hydrogen) atoms. The molecule has 0 aliphatic carbocycles. The van der Waals surface area contributed by atoms with Crippen molar-refractivity contribution in [3.8, 4) is 0 Å². The van der Waals surface area contributed by atoms with Crippen LogP contribution in [-0.4, -0.2) is 32.6 Å². The highest BCUT2D eigenvalue weighted by Gasteiger charge is 2.12. The summed E-state index contributed by atoms with van der Waals surface area (Å²) in [4.78, 5) is 32.9. The third kappa shape index (κ3) is 4.33. The van der Waals surface area contributed by atoms with E-state index in [1.807, 2.05) is 0 Å². The van der Waals surface area contributed by atoms with Crippen molar-refractivity contribution in [3.63, 3.8) is 0 Å². The number of nitro benzene ring substituents is 1. The molecule has 114 valence electrons. The Morgan fingerprint density at radius 2 is 2.00 bits per heavy atom. The summed E-state index contributed by atoms with van der Waals surface area (Å²) in [6, 6.07) is 5.42. The first-order valence-corrected chi connectivity index (χ1v) is 7.77. The smallest absolute Gasteiger partial charge is 0.269 e. The van der Waals surface area contributed by atoms with E-state index in [0.29, 0.717) is 15.0 Å². The molecule has 1 N–H and O–H groups in total. The summed E-state index contributed by atoms with van der Waals surface area (Å²) in [7, 11) is 0. The van der Waals surface area contributed by atoms with Crippen LogP contribution in [0.25, 0.3) is 0 Å². The number of non-ortho nitro benzene ring substituents is 1. The maximum absolute atomic E-state index is 12.0. The average molecular weight is 338 g/mol. The Balaban J connectivity index is 1.93. The zero-order chi connectivity index (χ0) is 16.1. The molecule has 1 aromatic carbocycles. The lowest BCUT2D eigenvalue weighted by Gasteiger charge is -1.99. The second kappa shape index (κ2) is 7.09. The standard InChI is InChI=1S/C12H10N4O4S2/c1-7(17)13-11-14-15-12(22-11)21-6-10(18)8-2-4-9(5-3-8)16(19)20/h2-5H,6H2,1H3,(H,13,14,17). The van der Waals surface area contributed by atoms with Gasteiger partial charge < -0.3 is 5.32 Å². The van der Waals surface area contributed by atoms with Crippen LogP contribution in [0.3, 0.4) is 0 Å². The van der Waals surface area contributed by atoms with E-state index in [-0.39, 0.29) is 23.1 Å². The normalized spacial score (nSPS) is 10.2. The molecule has 1 aromatic heterocycles. The quantitative estimate of drug-likeness (QED) is 0.283. The Kier molecular flexibility index (Phi) is 5.17. The van der Waals surface area contributed by atoms with Crippen molar-refractivity contribution in [2.75, 3.05) is 11.1 Å². The third-order valence-corrected chi connectivity index (χ3v) is 4.39. The number of hydrogen-bond donors (Lipinski definition) is 1. The summed E-state index contributed by atoms with van der Waals surface area (Å²) in [5, 5.41) is 21.0. The number of rotatable bonds is 6. The minimum Gasteiger partial charge on any atom is -0.301 e. The van der Waals surface area contributed by atoms with Gasteiger partial charge in [-0.2, -0.15) is 0 Å². The highest BCUT2D eigenvalue weighted by atomic mass is 32.2. The van der Waals surface area contributed by atoms with Gasteiger partial charge in [0.25, 0.3) is 5.69 Å². The SMILES string of the molecule is CC(=O)Nc1nnc(SCC(=O)c2ccc([N+](=O)[O-])cc2)s1. The number of nitrogens with one attached hydrogen (secondary N) is 1. The van der Waals surface area contributed by atoms with Gasteiger partial charge in [0, 0.05) is 24.6 Å². The van der Waals surface area contributed by atoms with Crippen molar-refractivity contribution in [3.05, 3.63) is 39.9 Å². The molecule has 0 atom stereocenters. The monoisotopic (exact) mass is 338 g/mol. The van der Waals surface area contributed by atoms with Gasteiger partial charge in [-0.05, 0) is 12.1 Å². The Labute approximate surface area is 133 Å². The first-order valence-electron chi connectivity index (χ1n) is 5.97. The van der Waals surface area contributed by atoms with Crippen molar-refractivity contribution in [1.29, 1.82) is 0 Å². The van der Waals surface area contributed by atoms with Crippen molar-refractivity contribution < 1.29 is 14.5 Å². The maximum atomic E-state index is 12.0. The van der Waals surface area contributed by atoms with Crippen molar-refractivity contribution in [1.82, 2.24) is 10.2 Å². The zero-order valence-electron chi connectivity index (χ0n) is 11.3. The van der Waals surface area contributed by atoms with Gasteiger partial charge in [0.05, 0.1) is 10.7 Å². The molecule has 0 unspecified atom stereocenters. The van der Waals surface area contributed by atoms with E-state index in [1.54, 1.807) is 0 Å². The first-order chi connectivity index (χ1) is 10.5. The van der Waals surface area contributed by atoms with Gasteiger partial charge >= 0.3 is 0 Å². The largest absolute Gasteiger partial charge is 0.301 e. The van der Waals surface area contributed by atoms with E-state index < -0.39 is 4.92 Å². The molecule has 2 rings (SSSR count). The molecule has 1 amide bonds. The molecule has 0 aliphatic rings. The molecule has 0 fully saturated rings. The molecule has 0 radical (unpaired) electrons. The fourth-order valence-electron chi connectivity index (χ4n) is 1.45. The second-order valence-corrected chi connectivity index (χ2v) is 6.27. The van der Waals surface area contributed by atoms with Gasteiger partial charge in [-0.1, -0.05) is 23.1 Å². The highest BCUT2D eigenvalue weighted by Crippen LogP contribution is 2.26. The van der Waals surface area contributed by atoms with E-state index in [0.717, 1.165) is 0 Å². The molecule has 8 nitrogen and oxygen atoms in total. The Morgan fingerprint density at radius 3 is 2.59 bits per heavy atom. The first kappa shape index (κ1) is 16.0. The number of Topliss-reactive ketones (excluding diaryl/α,β-unsaturated/α-hetero) is 1. The Morgan fingerprint density at radius 1 is 1.32 bits per heavy atom. The van der Waals surface area contributed by atoms with Crippen LogP contribution in [0, 0.1) is 10.1 Å². The van der Waals surface area contributed by atoms with Gasteiger partial charge in [0.2, 0.25) is 11.0 Å². The molecule has 1 heterocycles. The number of benzene rings is 1. The van der Waals surface area contributed by atoms with Crippen LogP contribution in [0.2, 0.25) is 0 Å². The van der Waals surface area contributed by atoms with Crippen LogP contribution in [0.5, 0.6) is 0 Å². The Bertz CT molecular complexity index is 714. The number of thioether (sulfide) groups is 1. The van der Waals surface area contributed by atoms with Crippen molar-refractivity contribution >= 4 is 45.6 Å². The molecule has 2 aromatic rings. The lowest BCUT2D eigenvalue weighted by molar-refractivity contribution is -0.384. The number of nitro groups is 1. The van der Waals surface area contributed by atoms with E-state index in [2.05, 4.69) is 15.5 Å². The predicted octanol–water partition coefficient (Wildman–Crippen LogP) is 2.38. The number of amides is 1. The van der Waals surface area contributed by atoms with Crippen LogP contribution in [0.1, 0.15) is 17.3 Å². The van der Waals surface area contributed by atoms with Crippen LogP contribution in [-0.2, 0) is 4.79 Å². The Hall–Kier alpha value is -2.33. The number of aromatic nitrogens is 2. The molecule has 0 spiro atoms. The van der Waals surface area contributed by atoms with E-state index in [4.69, 9.17) is 0 Å². The van der Waals surface area contributed by atoms with Gasteiger partial charge in [0.15, 0.2) is 10.1 Å². The molecular weight excluding hydrogens is 328 g/mol. The fraction of sp³-hybridized carbons (Fsp3) is 0.167. The number of hydrogen-bond acceptors (Lipinski definition) is 8. The third-order valence-electron chi connectivity index (χ3n) is 2.42.